The Kier molecular flexibility index (Phi) is 4.60. The standard InChI is InChI=1S/C15H19BrN4/c1-9-14(17-4)19-11(3)20-15(9)18-10(2)12-5-7-13(16)8-6-12/h5-8,10H,1-4H3,(H2,17,18,19,20). The molecule has 1 aromatic carbocycles. The topological polar surface area (TPSA) is 49.8 Å². The molecular formula is C15H19BrN4. The van der Waals surface area contributed by atoms with Crippen LogP contribution in [0, 0.1) is 13.8 Å². The van der Waals surface area contributed by atoms with Gasteiger partial charge in [-0.05, 0) is 38.5 Å². The number of aromatic nitrogens is 2. The Morgan fingerprint density at radius 1 is 1.05 bits per heavy atom. The van der Waals surface area contributed by atoms with Gasteiger partial charge in [-0.2, -0.15) is 0 Å². The molecule has 0 amide bonds. The minimum absolute atomic E-state index is 0.181. The summed E-state index contributed by atoms with van der Waals surface area (Å²) in [6.45, 7) is 6.04. The molecule has 106 valence electrons. The normalized spacial score (nSPS) is 12.1. The van der Waals surface area contributed by atoms with Crippen LogP contribution < -0.4 is 10.6 Å². The first kappa shape index (κ1) is 14.8. The van der Waals surface area contributed by atoms with Crippen molar-refractivity contribution < 1.29 is 0 Å². The number of aryl methyl sites for hydroxylation is 1. The number of nitrogens with zero attached hydrogens (tertiary/aromatic N) is 2. The Morgan fingerprint density at radius 2 is 1.65 bits per heavy atom. The average Bonchev–Trinajstić information content (AvgIpc) is 2.43. The van der Waals surface area contributed by atoms with Gasteiger partial charge >= 0.3 is 0 Å². The quantitative estimate of drug-likeness (QED) is 0.884. The van der Waals surface area contributed by atoms with E-state index in [9.17, 15) is 0 Å². The predicted molar refractivity (Wildman–Crippen MR) is 87.2 cm³/mol. The number of anilines is 2. The molecule has 0 radical (unpaired) electrons. The Bertz CT molecular complexity index is 596. The van der Waals surface area contributed by atoms with Gasteiger partial charge in [0.05, 0.1) is 0 Å². The molecular weight excluding hydrogens is 316 g/mol. The van der Waals surface area contributed by atoms with Crippen molar-refractivity contribution in [3.63, 3.8) is 0 Å². The zero-order valence-corrected chi connectivity index (χ0v) is 13.7. The highest BCUT2D eigenvalue weighted by atomic mass is 79.9. The smallest absolute Gasteiger partial charge is 0.135 e. The average molecular weight is 335 g/mol. The zero-order chi connectivity index (χ0) is 14.7. The maximum atomic E-state index is 4.49. The third-order valence-electron chi connectivity index (χ3n) is 3.22. The molecule has 1 atom stereocenters. The van der Waals surface area contributed by atoms with E-state index in [4.69, 9.17) is 0 Å². The lowest BCUT2D eigenvalue weighted by Crippen LogP contribution is -2.12. The Balaban J connectivity index is 2.25. The van der Waals surface area contributed by atoms with Gasteiger partial charge in [-0.15, -0.1) is 0 Å². The molecule has 0 aliphatic heterocycles. The van der Waals surface area contributed by atoms with E-state index in [-0.39, 0.29) is 6.04 Å². The highest BCUT2D eigenvalue weighted by molar-refractivity contribution is 9.10. The molecule has 1 aromatic heterocycles. The van der Waals surface area contributed by atoms with Gasteiger partial charge < -0.3 is 10.6 Å². The van der Waals surface area contributed by atoms with Gasteiger partial charge in [0.2, 0.25) is 0 Å². The van der Waals surface area contributed by atoms with Gasteiger partial charge in [-0.3, -0.25) is 0 Å². The first-order valence-electron chi connectivity index (χ1n) is 6.56. The highest BCUT2D eigenvalue weighted by Gasteiger charge is 2.11. The number of rotatable bonds is 4. The van der Waals surface area contributed by atoms with E-state index in [1.54, 1.807) is 0 Å². The van der Waals surface area contributed by atoms with Crippen molar-refractivity contribution in [2.75, 3.05) is 17.7 Å². The molecule has 0 spiro atoms. The van der Waals surface area contributed by atoms with Crippen LogP contribution in [0.3, 0.4) is 0 Å². The van der Waals surface area contributed by atoms with Crippen LogP contribution in [0.15, 0.2) is 28.7 Å². The largest absolute Gasteiger partial charge is 0.373 e. The Hall–Kier alpha value is -1.62. The van der Waals surface area contributed by atoms with Gasteiger partial charge in [-0.1, -0.05) is 28.1 Å². The molecule has 20 heavy (non-hydrogen) atoms. The lowest BCUT2D eigenvalue weighted by atomic mass is 10.1. The van der Waals surface area contributed by atoms with E-state index in [0.717, 1.165) is 27.5 Å². The van der Waals surface area contributed by atoms with Gasteiger partial charge in [0.25, 0.3) is 0 Å². The maximum Gasteiger partial charge on any atom is 0.135 e. The highest BCUT2D eigenvalue weighted by Crippen LogP contribution is 2.25. The van der Waals surface area contributed by atoms with Crippen molar-refractivity contribution in [3.8, 4) is 0 Å². The van der Waals surface area contributed by atoms with E-state index < -0.39 is 0 Å². The molecule has 5 heteroatoms. The van der Waals surface area contributed by atoms with Gasteiger partial charge in [0.15, 0.2) is 0 Å². The first-order valence-corrected chi connectivity index (χ1v) is 7.35. The summed E-state index contributed by atoms with van der Waals surface area (Å²) in [7, 11) is 1.87. The number of hydrogen-bond donors (Lipinski definition) is 2. The number of benzene rings is 1. The summed E-state index contributed by atoms with van der Waals surface area (Å²) in [6.07, 6.45) is 0. The number of halogens is 1. The van der Waals surface area contributed by atoms with E-state index in [1.807, 2.05) is 33.0 Å². The van der Waals surface area contributed by atoms with Crippen LogP contribution in [0.4, 0.5) is 11.6 Å². The second kappa shape index (κ2) is 6.22. The number of hydrogen-bond acceptors (Lipinski definition) is 4. The van der Waals surface area contributed by atoms with Crippen molar-refractivity contribution in [3.05, 3.63) is 45.7 Å². The van der Waals surface area contributed by atoms with Crippen LogP contribution in [0.25, 0.3) is 0 Å². The summed E-state index contributed by atoms with van der Waals surface area (Å²) in [5.41, 5.74) is 2.25. The van der Waals surface area contributed by atoms with Gasteiger partial charge in [0.1, 0.15) is 17.5 Å². The SMILES string of the molecule is CNc1nc(C)nc(NC(C)c2ccc(Br)cc2)c1C. The van der Waals surface area contributed by atoms with Crippen molar-refractivity contribution in [1.29, 1.82) is 0 Å². The summed E-state index contributed by atoms with van der Waals surface area (Å²) in [6, 6.07) is 8.48. The van der Waals surface area contributed by atoms with Crippen molar-refractivity contribution in [2.45, 2.75) is 26.8 Å². The second-order valence-corrected chi connectivity index (χ2v) is 5.68. The Labute approximate surface area is 128 Å². The minimum Gasteiger partial charge on any atom is -0.373 e. The zero-order valence-electron chi connectivity index (χ0n) is 12.2. The third kappa shape index (κ3) is 3.28. The molecule has 2 aromatic rings. The fraction of sp³-hybridized carbons (Fsp3) is 0.333. The van der Waals surface area contributed by atoms with Crippen LogP contribution in [-0.2, 0) is 0 Å². The van der Waals surface area contributed by atoms with Crippen LogP contribution in [-0.4, -0.2) is 17.0 Å². The van der Waals surface area contributed by atoms with E-state index in [0.29, 0.717) is 0 Å². The first-order chi connectivity index (χ1) is 9.51. The van der Waals surface area contributed by atoms with E-state index >= 15 is 0 Å². The van der Waals surface area contributed by atoms with Crippen molar-refractivity contribution in [2.24, 2.45) is 0 Å². The molecule has 0 fully saturated rings. The lowest BCUT2D eigenvalue weighted by Gasteiger charge is -2.18. The molecule has 0 aliphatic carbocycles. The molecule has 0 aliphatic rings. The second-order valence-electron chi connectivity index (χ2n) is 4.76. The van der Waals surface area contributed by atoms with Crippen LogP contribution in [0.5, 0.6) is 0 Å². The third-order valence-corrected chi connectivity index (χ3v) is 3.75. The fourth-order valence-corrected chi connectivity index (χ4v) is 2.32. The summed E-state index contributed by atoms with van der Waals surface area (Å²) >= 11 is 3.45. The molecule has 0 bridgehead atoms. The molecule has 2 rings (SSSR count). The monoisotopic (exact) mass is 334 g/mol. The molecule has 4 nitrogen and oxygen atoms in total. The van der Waals surface area contributed by atoms with Gasteiger partial charge in [0, 0.05) is 23.1 Å². The predicted octanol–water partition coefficient (Wildman–Crippen LogP) is 4.07. The van der Waals surface area contributed by atoms with E-state index in [1.165, 1.54) is 5.56 Å². The van der Waals surface area contributed by atoms with Crippen LogP contribution >= 0.6 is 15.9 Å². The lowest BCUT2D eigenvalue weighted by molar-refractivity contribution is 0.862. The van der Waals surface area contributed by atoms with E-state index in [2.05, 4.69) is 55.6 Å². The fourth-order valence-electron chi connectivity index (χ4n) is 2.05. The molecule has 1 heterocycles. The summed E-state index contributed by atoms with van der Waals surface area (Å²) < 4.78 is 1.08. The maximum absolute atomic E-state index is 4.49. The molecule has 0 saturated heterocycles. The Morgan fingerprint density at radius 3 is 2.25 bits per heavy atom. The summed E-state index contributed by atoms with van der Waals surface area (Å²) in [5.74, 6) is 2.49. The molecule has 1 unspecified atom stereocenters. The van der Waals surface area contributed by atoms with Crippen molar-refractivity contribution >= 4 is 27.6 Å². The van der Waals surface area contributed by atoms with Crippen LogP contribution in [0.2, 0.25) is 0 Å². The minimum atomic E-state index is 0.181. The summed E-state index contributed by atoms with van der Waals surface area (Å²) in [5, 5.41) is 6.55. The number of nitrogens with one attached hydrogen (secondary N) is 2. The van der Waals surface area contributed by atoms with Crippen molar-refractivity contribution in [1.82, 2.24) is 9.97 Å². The van der Waals surface area contributed by atoms with Gasteiger partial charge in [-0.25, -0.2) is 9.97 Å². The molecule has 2 N–H and O–H groups in total. The summed E-state index contributed by atoms with van der Waals surface area (Å²) in [4.78, 5) is 8.87. The molecule has 0 saturated carbocycles. The van der Waals surface area contributed by atoms with Crippen LogP contribution in [0.1, 0.15) is 29.9 Å².